The van der Waals surface area contributed by atoms with Crippen LogP contribution in [-0.2, 0) is 11.2 Å². The zero-order valence-electron chi connectivity index (χ0n) is 12.8. The van der Waals surface area contributed by atoms with Gasteiger partial charge >= 0.3 is 0 Å². The Morgan fingerprint density at radius 3 is 2.80 bits per heavy atom. The van der Waals surface area contributed by atoms with E-state index in [4.69, 9.17) is 10.6 Å². The molecule has 1 aliphatic rings. The number of methoxy groups -OCH3 is 1. The van der Waals surface area contributed by atoms with Crippen molar-refractivity contribution in [1.82, 2.24) is 9.97 Å². The Morgan fingerprint density at radius 1 is 1.45 bits per heavy atom. The van der Waals surface area contributed by atoms with Crippen molar-refractivity contribution in [3.05, 3.63) is 11.4 Å². The highest BCUT2D eigenvalue weighted by Crippen LogP contribution is 2.28. The summed E-state index contributed by atoms with van der Waals surface area (Å²) in [6, 6.07) is 0. The molecule has 2 atom stereocenters. The topological polar surface area (TPSA) is 76.3 Å². The molecule has 2 rings (SSSR count). The lowest BCUT2D eigenvalue weighted by Crippen LogP contribution is -2.44. The molecule has 1 saturated heterocycles. The molecule has 0 saturated carbocycles. The number of nitrogens with zero attached hydrogens (tertiary/aromatic N) is 3. The Balaban J connectivity index is 2.32. The molecule has 2 heterocycles. The monoisotopic (exact) mass is 279 g/mol. The normalized spacial score (nSPS) is 22.9. The number of aromatic nitrogens is 2. The van der Waals surface area contributed by atoms with Gasteiger partial charge in [-0.2, -0.15) is 0 Å². The summed E-state index contributed by atoms with van der Waals surface area (Å²) in [5, 5.41) is 0. The summed E-state index contributed by atoms with van der Waals surface area (Å²) in [7, 11) is 1.78. The van der Waals surface area contributed by atoms with E-state index in [1.807, 2.05) is 13.8 Å². The van der Waals surface area contributed by atoms with Crippen molar-refractivity contribution < 1.29 is 4.74 Å². The molecule has 2 unspecified atom stereocenters. The van der Waals surface area contributed by atoms with Crippen molar-refractivity contribution in [2.45, 2.75) is 39.7 Å². The van der Waals surface area contributed by atoms with Crippen LogP contribution in [0, 0.1) is 12.8 Å². The van der Waals surface area contributed by atoms with E-state index in [1.54, 1.807) is 7.11 Å². The number of hydrogen-bond acceptors (Lipinski definition) is 6. The minimum absolute atomic E-state index is 0.248. The fourth-order valence-corrected chi connectivity index (χ4v) is 2.69. The van der Waals surface area contributed by atoms with Crippen molar-refractivity contribution in [1.29, 1.82) is 0 Å². The number of rotatable bonds is 4. The molecule has 6 nitrogen and oxygen atoms in total. The third-order valence-corrected chi connectivity index (χ3v) is 4.11. The lowest BCUT2D eigenvalue weighted by atomic mass is 9.95. The van der Waals surface area contributed by atoms with Crippen LogP contribution in [0.1, 0.15) is 31.7 Å². The van der Waals surface area contributed by atoms with Crippen molar-refractivity contribution in [3.8, 4) is 0 Å². The smallest absolute Gasteiger partial charge is 0.148 e. The number of nitrogens with two attached hydrogens (primary N) is 1. The number of hydrazine groups is 1. The fourth-order valence-electron chi connectivity index (χ4n) is 2.69. The van der Waals surface area contributed by atoms with Crippen molar-refractivity contribution in [2.24, 2.45) is 11.8 Å². The first-order valence-corrected chi connectivity index (χ1v) is 7.22. The first kappa shape index (κ1) is 15.0. The average molecular weight is 279 g/mol. The van der Waals surface area contributed by atoms with Gasteiger partial charge in [-0.3, -0.25) is 0 Å². The van der Waals surface area contributed by atoms with Gasteiger partial charge < -0.3 is 15.1 Å². The highest BCUT2D eigenvalue weighted by molar-refractivity contribution is 5.58. The van der Waals surface area contributed by atoms with Gasteiger partial charge in [0.25, 0.3) is 0 Å². The summed E-state index contributed by atoms with van der Waals surface area (Å²) in [4.78, 5) is 11.4. The number of hydrogen-bond donors (Lipinski definition) is 2. The van der Waals surface area contributed by atoms with Crippen LogP contribution < -0.4 is 16.2 Å². The van der Waals surface area contributed by atoms with Gasteiger partial charge in [-0.25, -0.2) is 15.8 Å². The summed E-state index contributed by atoms with van der Waals surface area (Å²) >= 11 is 0. The molecule has 0 amide bonds. The fraction of sp³-hybridized carbons (Fsp3) is 0.714. The molecule has 0 spiro atoms. The predicted molar refractivity (Wildman–Crippen MR) is 80.7 cm³/mol. The number of anilines is 2. The molecule has 1 aromatic heterocycles. The first-order chi connectivity index (χ1) is 9.60. The average Bonchev–Trinajstić information content (AvgIpc) is 2.48. The molecule has 1 aromatic rings. The Hall–Kier alpha value is -1.40. The second-order valence-electron chi connectivity index (χ2n) is 5.42. The summed E-state index contributed by atoms with van der Waals surface area (Å²) in [5.74, 6) is 8.63. The van der Waals surface area contributed by atoms with Gasteiger partial charge in [-0.15, -0.1) is 0 Å². The summed E-state index contributed by atoms with van der Waals surface area (Å²) in [6.07, 6.45) is 2.15. The molecule has 0 aliphatic carbocycles. The van der Waals surface area contributed by atoms with Gasteiger partial charge in [0.05, 0.1) is 6.10 Å². The van der Waals surface area contributed by atoms with Crippen molar-refractivity contribution in [2.75, 3.05) is 30.5 Å². The highest BCUT2D eigenvalue weighted by atomic mass is 16.5. The summed E-state index contributed by atoms with van der Waals surface area (Å²) < 4.78 is 5.58. The van der Waals surface area contributed by atoms with Gasteiger partial charge in [-0.05, 0) is 19.3 Å². The largest absolute Gasteiger partial charge is 0.379 e. The molecule has 0 radical (unpaired) electrons. The maximum absolute atomic E-state index is 5.58. The molecular weight excluding hydrogens is 254 g/mol. The summed E-state index contributed by atoms with van der Waals surface area (Å²) in [5.41, 5.74) is 3.67. The molecule has 0 bridgehead atoms. The van der Waals surface area contributed by atoms with E-state index in [1.165, 1.54) is 0 Å². The summed E-state index contributed by atoms with van der Waals surface area (Å²) in [6.45, 7) is 8.15. The molecule has 20 heavy (non-hydrogen) atoms. The minimum atomic E-state index is 0.248. The van der Waals surface area contributed by atoms with E-state index >= 15 is 0 Å². The molecule has 3 N–H and O–H groups in total. The van der Waals surface area contributed by atoms with E-state index in [-0.39, 0.29) is 6.10 Å². The second-order valence-corrected chi connectivity index (χ2v) is 5.42. The van der Waals surface area contributed by atoms with Crippen LogP contribution in [0.2, 0.25) is 0 Å². The van der Waals surface area contributed by atoms with Crippen LogP contribution in [0.15, 0.2) is 0 Å². The van der Waals surface area contributed by atoms with E-state index in [9.17, 15) is 0 Å². The van der Waals surface area contributed by atoms with Crippen molar-refractivity contribution >= 4 is 11.6 Å². The number of aryl methyl sites for hydroxylation is 1. The molecule has 0 aromatic carbocycles. The van der Waals surface area contributed by atoms with E-state index in [0.29, 0.717) is 11.7 Å². The second kappa shape index (κ2) is 6.37. The lowest BCUT2D eigenvalue weighted by Gasteiger charge is -2.37. The van der Waals surface area contributed by atoms with Crippen molar-refractivity contribution in [3.63, 3.8) is 0 Å². The number of nitrogens with one attached hydrogen (secondary N) is 1. The zero-order chi connectivity index (χ0) is 14.7. The van der Waals surface area contributed by atoms with Crippen LogP contribution in [0.3, 0.4) is 0 Å². The van der Waals surface area contributed by atoms with Crippen LogP contribution in [0.4, 0.5) is 11.6 Å². The lowest BCUT2D eigenvalue weighted by molar-refractivity contribution is 0.0496. The standard InChI is InChI=1S/C14H25N5O/c1-5-12-16-13(18-15)10(3)14(17-12)19-7-6-9(2)11(8-19)20-4/h9,11H,5-8,15H2,1-4H3,(H,16,17,18). The number of piperidine rings is 1. The Labute approximate surface area is 120 Å². The maximum Gasteiger partial charge on any atom is 0.148 e. The first-order valence-electron chi connectivity index (χ1n) is 7.22. The van der Waals surface area contributed by atoms with Crippen LogP contribution >= 0.6 is 0 Å². The van der Waals surface area contributed by atoms with Crippen LogP contribution in [0.5, 0.6) is 0 Å². The van der Waals surface area contributed by atoms with Gasteiger partial charge in [0.2, 0.25) is 0 Å². The Morgan fingerprint density at radius 2 is 2.20 bits per heavy atom. The number of ether oxygens (including phenoxy) is 1. The van der Waals surface area contributed by atoms with Gasteiger partial charge in [0.15, 0.2) is 0 Å². The molecule has 1 aliphatic heterocycles. The zero-order valence-corrected chi connectivity index (χ0v) is 12.8. The van der Waals surface area contributed by atoms with E-state index < -0.39 is 0 Å². The quantitative estimate of drug-likeness (QED) is 0.642. The third-order valence-electron chi connectivity index (χ3n) is 4.11. The van der Waals surface area contributed by atoms with Gasteiger partial charge in [-0.1, -0.05) is 13.8 Å². The Kier molecular flexibility index (Phi) is 4.77. The molecule has 1 fully saturated rings. The SMILES string of the molecule is CCc1nc(NN)c(C)c(N2CCC(C)C(OC)C2)n1. The van der Waals surface area contributed by atoms with E-state index in [0.717, 1.165) is 43.1 Å². The van der Waals surface area contributed by atoms with E-state index in [2.05, 4.69) is 27.2 Å². The minimum Gasteiger partial charge on any atom is -0.379 e. The number of nitrogen functional groups attached to an aromatic ring is 1. The third kappa shape index (κ3) is 2.86. The van der Waals surface area contributed by atoms with Gasteiger partial charge in [0, 0.05) is 32.2 Å². The molecule has 6 heteroatoms. The Bertz CT molecular complexity index is 465. The molecule has 112 valence electrons. The predicted octanol–water partition coefficient (Wildman–Crippen LogP) is 1.49. The maximum atomic E-state index is 5.58. The highest BCUT2D eigenvalue weighted by Gasteiger charge is 2.28. The van der Waals surface area contributed by atoms with Crippen LogP contribution in [-0.4, -0.2) is 36.3 Å². The van der Waals surface area contributed by atoms with Crippen LogP contribution in [0.25, 0.3) is 0 Å². The van der Waals surface area contributed by atoms with Gasteiger partial charge in [0.1, 0.15) is 17.5 Å². The molecular formula is C14H25N5O.